The Morgan fingerprint density at radius 1 is 0.737 bits per heavy atom. The van der Waals surface area contributed by atoms with Gasteiger partial charge in [0, 0.05) is 12.8 Å². The van der Waals surface area contributed by atoms with Crippen molar-refractivity contribution in [3.8, 4) is 0 Å². The summed E-state index contributed by atoms with van der Waals surface area (Å²) in [6.45, 7) is 5.21. The van der Waals surface area contributed by atoms with Gasteiger partial charge in [-0.2, -0.15) is 0 Å². The predicted molar refractivity (Wildman–Crippen MR) is 66.5 cm³/mol. The smallest absolute Gasteiger partial charge is 0.191 e. The molecule has 2 aliphatic rings. The van der Waals surface area contributed by atoms with Crippen LogP contribution in [0.3, 0.4) is 0 Å². The van der Waals surface area contributed by atoms with Gasteiger partial charge >= 0.3 is 0 Å². The van der Waals surface area contributed by atoms with Gasteiger partial charge in [-0.1, -0.05) is 13.8 Å². The summed E-state index contributed by atoms with van der Waals surface area (Å²) in [5.74, 6) is -1.77. The second-order valence-electron chi connectivity index (χ2n) is 5.50. The summed E-state index contributed by atoms with van der Waals surface area (Å²) in [6.07, 6.45) is 1.19. The molecule has 2 rings (SSSR count). The van der Waals surface area contributed by atoms with Crippen molar-refractivity contribution >= 4 is 0 Å². The molecule has 0 unspecified atom stereocenters. The van der Waals surface area contributed by atoms with Crippen molar-refractivity contribution in [3.63, 3.8) is 0 Å². The predicted octanol–water partition coefficient (Wildman–Crippen LogP) is 0.264. The van der Waals surface area contributed by atoms with E-state index in [1.54, 1.807) is 0 Å². The molecule has 2 heterocycles. The van der Waals surface area contributed by atoms with E-state index in [1.807, 2.05) is 13.8 Å². The largest absolute Gasteiger partial charge is 0.391 e. The Morgan fingerprint density at radius 2 is 1.05 bits per heavy atom. The van der Waals surface area contributed by atoms with Gasteiger partial charge in [-0.05, 0) is 0 Å². The summed E-state index contributed by atoms with van der Waals surface area (Å²) in [7, 11) is 0. The van der Waals surface area contributed by atoms with Crippen molar-refractivity contribution in [2.45, 2.75) is 38.3 Å². The maximum absolute atomic E-state index is 9.34. The van der Waals surface area contributed by atoms with E-state index in [0.29, 0.717) is 39.3 Å². The zero-order valence-electron chi connectivity index (χ0n) is 11.7. The molecular formula is C13H24O6. The van der Waals surface area contributed by atoms with Gasteiger partial charge in [0.2, 0.25) is 0 Å². The zero-order valence-corrected chi connectivity index (χ0v) is 11.7. The molecule has 112 valence electrons. The topological polar surface area (TPSA) is 77.4 Å². The lowest BCUT2D eigenvalue weighted by atomic mass is 9.89. The Labute approximate surface area is 113 Å². The van der Waals surface area contributed by atoms with E-state index >= 15 is 0 Å². The molecule has 6 heteroatoms. The number of ether oxygens (including phenoxy) is 4. The molecule has 2 fully saturated rings. The van der Waals surface area contributed by atoms with Gasteiger partial charge < -0.3 is 29.2 Å². The lowest BCUT2D eigenvalue weighted by Gasteiger charge is -2.50. The molecule has 0 aromatic rings. The monoisotopic (exact) mass is 276 g/mol. The van der Waals surface area contributed by atoms with Crippen molar-refractivity contribution in [3.05, 3.63) is 0 Å². The van der Waals surface area contributed by atoms with Crippen LogP contribution in [-0.2, 0) is 18.9 Å². The highest BCUT2D eigenvalue weighted by atomic mass is 16.7. The summed E-state index contributed by atoms with van der Waals surface area (Å²) in [5, 5.41) is 18.7. The molecule has 0 aliphatic carbocycles. The second-order valence-corrected chi connectivity index (χ2v) is 5.50. The normalized spacial score (nSPS) is 43.6. The number of rotatable bonds is 4. The molecule has 0 radical (unpaired) electrons. The highest BCUT2D eigenvalue weighted by molar-refractivity contribution is 4.89. The molecule has 19 heavy (non-hydrogen) atoms. The van der Waals surface area contributed by atoms with Gasteiger partial charge in [-0.25, -0.2) is 0 Å². The molecule has 0 amide bonds. The fraction of sp³-hybridized carbons (Fsp3) is 1.00. The molecule has 1 spiro atoms. The summed E-state index contributed by atoms with van der Waals surface area (Å²) in [5.41, 5.74) is -0.346. The molecular weight excluding hydrogens is 252 g/mol. The molecule has 0 bridgehead atoms. The summed E-state index contributed by atoms with van der Waals surface area (Å²) < 4.78 is 22.8. The number of hydrogen-bond donors (Lipinski definition) is 2. The average molecular weight is 276 g/mol. The van der Waals surface area contributed by atoms with E-state index in [4.69, 9.17) is 18.9 Å². The lowest BCUT2D eigenvalue weighted by Crippen LogP contribution is -2.60. The fourth-order valence-electron chi connectivity index (χ4n) is 2.29. The summed E-state index contributed by atoms with van der Waals surface area (Å²) in [4.78, 5) is 0. The summed E-state index contributed by atoms with van der Waals surface area (Å²) in [6, 6.07) is 0. The van der Waals surface area contributed by atoms with Crippen LogP contribution in [0.5, 0.6) is 0 Å². The minimum absolute atomic E-state index is 0.156. The van der Waals surface area contributed by atoms with Crippen LogP contribution in [0.4, 0.5) is 0 Å². The van der Waals surface area contributed by atoms with Crippen LogP contribution >= 0.6 is 0 Å². The van der Waals surface area contributed by atoms with Gasteiger partial charge in [0.05, 0.1) is 45.1 Å². The molecule has 0 saturated carbocycles. The van der Waals surface area contributed by atoms with Crippen molar-refractivity contribution < 1.29 is 29.2 Å². The van der Waals surface area contributed by atoms with Gasteiger partial charge in [0.1, 0.15) is 0 Å². The molecule has 2 aliphatic heterocycles. The van der Waals surface area contributed by atoms with Crippen LogP contribution in [-0.4, -0.2) is 61.4 Å². The van der Waals surface area contributed by atoms with E-state index in [2.05, 4.69) is 0 Å². The van der Waals surface area contributed by atoms with E-state index < -0.39 is 11.6 Å². The highest BCUT2D eigenvalue weighted by Crippen LogP contribution is 2.38. The van der Waals surface area contributed by atoms with Crippen LogP contribution in [0.15, 0.2) is 0 Å². The van der Waals surface area contributed by atoms with Crippen molar-refractivity contribution in [2.75, 3.05) is 39.6 Å². The first-order valence-electron chi connectivity index (χ1n) is 6.85. The van der Waals surface area contributed by atoms with Crippen molar-refractivity contribution in [1.29, 1.82) is 0 Å². The minimum atomic E-state index is -0.887. The number of aliphatic hydroxyl groups excluding tert-OH is 2. The van der Waals surface area contributed by atoms with Crippen molar-refractivity contribution in [2.24, 2.45) is 5.41 Å². The number of hydrogen-bond acceptors (Lipinski definition) is 6. The third-order valence-electron chi connectivity index (χ3n) is 4.12. The first kappa shape index (κ1) is 15.2. The molecule has 0 atom stereocenters. The third kappa shape index (κ3) is 2.79. The SMILES string of the molecule is CCC1(CO)OCC2(CO1)COC(CC)(CO)OC2. The molecule has 2 N–H and O–H groups in total. The third-order valence-corrected chi connectivity index (χ3v) is 4.12. The molecule has 6 nitrogen and oxygen atoms in total. The van der Waals surface area contributed by atoms with E-state index in [0.717, 1.165) is 0 Å². The van der Waals surface area contributed by atoms with E-state index in [1.165, 1.54) is 0 Å². The minimum Gasteiger partial charge on any atom is -0.391 e. The van der Waals surface area contributed by atoms with Crippen LogP contribution < -0.4 is 0 Å². The quantitative estimate of drug-likeness (QED) is 0.767. The zero-order chi connectivity index (χ0) is 14.0. The van der Waals surface area contributed by atoms with E-state index in [9.17, 15) is 10.2 Å². The van der Waals surface area contributed by atoms with Gasteiger partial charge in [0.25, 0.3) is 0 Å². The van der Waals surface area contributed by atoms with E-state index in [-0.39, 0.29) is 18.6 Å². The highest BCUT2D eigenvalue weighted by Gasteiger charge is 2.49. The Bertz CT molecular complexity index is 244. The second kappa shape index (κ2) is 5.63. The Morgan fingerprint density at radius 3 is 1.26 bits per heavy atom. The fourth-order valence-corrected chi connectivity index (χ4v) is 2.29. The Hall–Kier alpha value is -0.240. The molecule has 2 saturated heterocycles. The standard InChI is InChI=1S/C13H24O6/c1-3-12(5-14)16-7-11(8-17-12)9-18-13(4-2,6-15)19-10-11/h14-15H,3-10H2,1-2H3. The first-order chi connectivity index (χ1) is 9.07. The van der Waals surface area contributed by atoms with Crippen molar-refractivity contribution in [1.82, 2.24) is 0 Å². The van der Waals surface area contributed by atoms with Gasteiger partial charge in [-0.15, -0.1) is 0 Å². The van der Waals surface area contributed by atoms with Crippen LogP contribution in [0.1, 0.15) is 26.7 Å². The van der Waals surface area contributed by atoms with Crippen LogP contribution in [0.25, 0.3) is 0 Å². The maximum atomic E-state index is 9.34. The molecule has 0 aromatic heterocycles. The van der Waals surface area contributed by atoms with Crippen LogP contribution in [0.2, 0.25) is 0 Å². The van der Waals surface area contributed by atoms with Crippen LogP contribution in [0, 0.1) is 5.41 Å². The Balaban J connectivity index is 1.95. The number of aliphatic hydroxyl groups is 2. The first-order valence-corrected chi connectivity index (χ1v) is 6.85. The maximum Gasteiger partial charge on any atom is 0.191 e. The molecule has 0 aromatic carbocycles. The Kier molecular flexibility index (Phi) is 4.49. The summed E-state index contributed by atoms with van der Waals surface area (Å²) >= 11 is 0. The lowest BCUT2D eigenvalue weighted by molar-refractivity contribution is -0.377. The average Bonchev–Trinajstić information content (AvgIpc) is 2.50. The van der Waals surface area contributed by atoms with Gasteiger partial charge in [0.15, 0.2) is 11.6 Å². The van der Waals surface area contributed by atoms with Gasteiger partial charge in [-0.3, -0.25) is 0 Å².